The maximum Gasteiger partial charge on any atom is 0.255 e. The number of aromatic nitrogens is 3. The Morgan fingerprint density at radius 2 is 2.09 bits per heavy atom. The van der Waals surface area contributed by atoms with Gasteiger partial charge in [0.2, 0.25) is 5.95 Å². The molecule has 8 nitrogen and oxygen atoms in total. The standard InChI is InChI=1S/C13H14FN3O5/c1-4-11(14)16-12-6(15-4)2-5(13(21)17-12)10-9(20)8(19)7(3-18)22-10/h2,7-10,18-20H,3H2,1H3,(H,16,17,21)/t7-,8+,9?,10+/m1/s1. The van der Waals surface area contributed by atoms with E-state index in [-0.39, 0.29) is 22.4 Å². The van der Waals surface area contributed by atoms with Crippen LogP contribution in [0.4, 0.5) is 4.39 Å². The predicted octanol–water partition coefficient (Wildman–Crippen LogP) is -1.08. The Morgan fingerprint density at radius 3 is 2.73 bits per heavy atom. The Kier molecular flexibility index (Phi) is 3.65. The van der Waals surface area contributed by atoms with Crippen molar-refractivity contribution in [2.24, 2.45) is 0 Å². The summed E-state index contributed by atoms with van der Waals surface area (Å²) in [6, 6.07) is 1.33. The van der Waals surface area contributed by atoms with Gasteiger partial charge in [0.15, 0.2) is 5.65 Å². The normalized spacial score (nSPS) is 28.4. The van der Waals surface area contributed by atoms with Crippen LogP contribution >= 0.6 is 0 Å². The molecule has 0 bridgehead atoms. The molecule has 4 atom stereocenters. The fourth-order valence-electron chi connectivity index (χ4n) is 2.47. The van der Waals surface area contributed by atoms with E-state index in [0.29, 0.717) is 0 Å². The number of aliphatic hydroxyl groups excluding tert-OH is 3. The van der Waals surface area contributed by atoms with Crippen LogP contribution in [0.3, 0.4) is 0 Å². The highest BCUT2D eigenvalue weighted by atomic mass is 19.1. The summed E-state index contributed by atoms with van der Waals surface area (Å²) in [4.78, 5) is 22.0. The summed E-state index contributed by atoms with van der Waals surface area (Å²) >= 11 is 0. The molecule has 1 fully saturated rings. The van der Waals surface area contributed by atoms with E-state index in [1.54, 1.807) is 0 Å². The topological polar surface area (TPSA) is 129 Å². The lowest BCUT2D eigenvalue weighted by molar-refractivity contribution is -0.0231. The third-order valence-electron chi connectivity index (χ3n) is 3.67. The molecule has 22 heavy (non-hydrogen) atoms. The van der Waals surface area contributed by atoms with Gasteiger partial charge in [0, 0.05) is 0 Å². The molecule has 2 aromatic rings. The van der Waals surface area contributed by atoms with Crippen molar-refractivity contribution < 1.29 is 24.4 Å². The number of aryl methyl sites for hydroxylation is 1. The van der Waals surface area contributed by atoms with Crippen molar-refractivity contribution in [3.63, 3.8) is 0 Å². The number of ether oxygens (including phenoxy) is 1. The third-order valence-corrected chi connectivity index (χ3v) is 3.67. The number of H-pyrrole nitrogens is 1. The van der Waals surface area contributed by atoms with Crippen LogP contribution in [0.25, 0.3) is 11.2 Å². The molecular formula is C13H14FN3O5. The molecule has 118 valence electrons. The van der Waals surface area contributed by atoms with Crippen molar-refractivity contribution in [1.29, 1.82) is 0 Å². The zero-order valence-electron chi connectivity index (χ0n) is 11.5. The van der Waals surface area contributed by atoms with Gasteiger partial charge in [-0.1, -0.05) is 0 Å². The summed E-state index contributed by atoms with van der Waals surface area (Å²) in [6.07, 6.45) is -4.79. The smallest absolute Gasteiger partial charge is 0.255 e. The first kappa shape index (κ1) is 15.0. The number of nitrogens with zero attached hydrogens (tertiary/aromatic N) is 2. The van der Waals surface area contributed by atoms with Crippen LogP contribution in [0.2, 0.25) is 0 Å². The maximum atomic E-state index is 13.4. The first-order valence-corrected chi connectivity index (χ1v) is 6.62. The number of aromatic amines is 1. The lowest BCUT2D eigenvalue weighted by Gasteiger charge is -2.14. The summed E-state index contributed by atoms with van der Waals surface area (Å²) in [5.74, 6) is -0.788. The lowest BCUT2D eigenvalue weighted by atomic mass is 10.0. The number of fused-ring (bicyclic) bond motifs is 1. The molecule has 0 aromatic carbocycles. The van der Waals surface area contributed by atoms with Crippen LogP contribution in [-0.4, -0.2) is 55.2 Å². The fraction of sp³-hybridized carbons (Fsp3) is 0.462. The predicted molar refractivity (Wildman–Crippen MR) is 71.6 cm³/mol. The minimum Gasteiger partial charge on any atom is -0.394 e. The molecular weight excluding hydrogens is 297 g/mol. The third kappa shape index (κ3) is 2.28. The molecule has 3 rings (SSSR count). The van der Waals surface area contributed by atoms with E-state index in [4.69, 9.17) is 9.84 Å². The van der Waals surface area contributed by atoms with Crippen molar-refractivity contribution >= 4 is 11.2 Å². The Labute approximate surface area is 123 Å². The second-order valence-electron chi connectivity index (χ2n) is 5.15. The first-order chi connectivity index (χ1) is 10.4. The zero-order chi connectivity index (χ0) is 16.0. The van der Waals surface area contributed by atoms with E-state index in [0.717, 1.165) is 0 Å². The molecule has 1 saturated heterocycles. The highest BCUT2D eigenvalue weighted by molar-refractivity contribution is 5.70. The highest BCUT2D eigenvalue weighted by Gasteiger charge is 2.44. The Balaban J connectivity index is 2.10. The van der Waals surface area contributed by atoms with Crippen LogP contribution in [0.1, 0.15) is 17.4 Å². The van der Waals surface area contributed by atoms with Crippen molar-refractivity contribution in [1.82, 2.24) is 15.0 Å². The number of halogens is 1. The van der Waals surface area contributed by atoms with Gasteiger partial charge in [0.05, 0.1) is 17.9 Å². The molecule has 3 heterocycles. The van der Waals surface area contributed by atoms with Crippen LogP contribution in [0, 0.1) is 12.9 Å². The molecule has 0 aliphatic carbocycles. The molecule has 4 N–H and O–H groups in total. The summed E-state index contributed by atoms with van der Waals surface area (Å²) in [7, 11) is 0. The Morgan fingerprint density at radius 1 is 1.36 bits per heavy atom. The van der Waals surface area contributed by atoms with Crippen molar-refractivity contribution in [3.05, 3.63) is 33.6 Å². The summed E-state index contributed by atoms with van der Waals surface area (Å²) in [6.45, 7) is 0.934. The summed E-state index contributed by atoms with van der Waals surface area (Å²) in [5, 5.41) is 28.8. The summed E-state index contributed by atoms with van der Waals surface area (Å²) in [5.41, 5.74) is -0.350. The maximum absolute atomic E-state index is 13.4. The zero-order valence-corrected chi connectivity index (χ0v) is 11.5. The number of aliphatic hydroxyl groups is 3. The SMILES string of the molecule is Cc1nc2cc([C@@H]3O[C@H](CO)[C@H](O)C3O)c(=O)[nH]c2nc1F. The second kappa shape index (κ2) is 5.36. The van der Waals surface area contributed by atoms with Crippen LogP contribution in [0.15, 0.2) is 10.9 Å². The average molecular weight is 311 g/mol. The quantitative estimate of drug-likeness (QED) is 0.555. The number of hydrogen-bond donors (Lipinski definition) is 4. The molecule has 1 aliphatic rings. The highest BCUT2D eigenvalue weighted by Crippen LogP contribution is 2.32. The second-order valence-corrected chi connectivity index (χ2v) is 5.15. The van der Waals surface area contributed by atoms with E-state index in [1.165, 1.54) is 13.0 Å². The average Bonchev–Trinajstić information content (AvgIpc) is 2.76. The fourth-order valence-corrected chi connectivity index (χ4v) is 2.47. The van der Waals surface area contributed by atoms with Gasteiger partial charge in [0.25, 0.3) is 5.56 Å². The van der Waals surface area contributed by atoms with Crippen molar-refractivity contribution in [2.45, 2.75) is 31.3 Å². The monoisotopic (exact) mass is 311 g/mol. The molecule has 0 radical (unpaired) electrons. The molecule has 9 heteroatoms. The van der Waals surface area contributed by atoms with E-state index in [1.807, 2.05) is 0 Å². The van der Waals surface area contributed by atoms with Gasteiger partial charge in [-0.05, 0) is 13.0 Å². The molecule has 2 aromatic heterocycles. The van der Waals surface area contributed by atoms with Crippen LogP contribution in [-0.2, 0) is 4.74 Å². The molecule has 0 amide bonds. The number of pyridine rings is 1. The van der Waals surface area contributed by atoms with E-state index in [2.05, 4.69) is 15.0 Å². The van der Waals surface area contributed by atoms with Gasteiger partial charge in [-0.2, -0.15) is 9.37 Å². The molecule has 0 spiro atoms. The summed E-state index contributed by atoms with van der Waals surface area (Å²) < 4.78 is 18.7. The Hall–Kier alpha value is -1.94. The number of rotatable bonds is 2. The van der Waals surface area contributed by atoms with Gasteiger partial charge in [-0.3, -0.25) is 4.79 Å². The Bertz CT molecular complexity index is 780. The number of hydrogen-bond acceptors (Lipinski definition) is 7. The molecule has 1 unspecified atom stereocenters. The first-order valence-electron chi connectivity index (χ1n) is 6.62. The van der Waals surface area contributed by atoms with Gasteiger partial charge in [-0.15, -0.1) is 0 Å². The largest absolute Gasteiger partial charge is 0.394 e. The van der Waals surface area contributed by atoms with Gasteiger partial charge in [-0.25, -0.2) is 4.98 Å². The van der Waals surface area contributed by atoms with Crippen LogP contribution < -0.4 is 5.56 Å². The number of nitrogens with one attached hydrogen (secondary N) is 1. The van der Waals surface area contributed by atoms with E-state index in [9.17, 15) is 19.4 Å². The van der Waals surface area contributed by atoms with Gasteiger partial charge in [0.1, 0.15) is 29.9 Å². The van der Waals surface area contributed by atoms with E-state index < -0.39 is 42.5 Å². The van der Waals surface area contributed by atoms with Crippen molar-refractivity contribution in [3.8, 4) is 0 Å². The van der Waals surface area contributed by atoms with Gasteiger partial charge < -0.3 is 25.0 Å². The van der Waals surface area contributed by atoms with Crippen molar-refractivity contribution in [2.75, 3.05) is 6.61 Å². The lowest BCUT2D eigenvalue weighted by Crippen LogP contribution is -2.33. The van der Waals surface area contributed by atoms with Crippen LogP contribution in [0.5, 0.6) is 0 Å². The van der Waals surface area contributed by atoms with Gasteiger partial charge >= 0.3 is 0 Å². The molecule has 0 saturated carbocycles. The molecule has 1 aliphatic heterocycles. The minimum absolute atomic E-state index is 0.0234. The van der Waals surface area contributed by atoms with E-state index >= 15 is 0 Å². The minimum atomic E-state index is -1.37.